The van der Waals surface area contributed by atoms with Crippen LogP contribution in [-0.2, 0) is 11.2 Å². The van der Waals surface area contributed by atoms with E-state index in [9.17, 15) is 4.79 Å². The Labute approximate surface area is 121 Å². The van der Waals surface area contributed by atoms with Crippen LogP contribution in [0.2, 0.25) is 0 Å². The molecule has 108 valence electrons. The van der Waals surface area contributed by atoms with Crippen molar-refractivity contribution in [2.24, 2.45) is 5.92 Å². The molecule has 0 saturated carbocycles. The van der Waals surface area contributed by atoms with Gasteiger partial charge in [-0.05, 0) is 63.4 Å². The molecule has 0 atom stereocenters. The number of para-hydroxylation sites is 1. The van der Waals surface area contributed by atoms with E-state index < -0.39 is 0 Å². The Bertz CT molecular complexity index is 478. The number of carbonyl (C=O) groups excluding carboxylic acids is 1. The number of anilines is 1. The maximum absolute atomic E-state index is 12.4. The summed E-state index contributed by atoms with van der Waals surface area (Å²) in [5.41, 5.74) is 2.46. The third-order valence-electron chi connectivity index (χ3n) is 4.79. The molecule has 0 spiro atoms. The van der Waals surface area contributed by atoms with E-state index in [0.717, 1.165) is 31.0 Å². The normalized spacial score (nSPS) is 20.1. The lowest BCUT2D eigenvalue weighted by atomic mass is 9.92. The van der Waals surface area contributed by atoms with E-state index in [1.165, 1.54) is 31.5 Å². The Morgan fingerprint density at radius 3 is 2.75 bits per heavy atom. The summed E-state index contributed by atoms with van der Waals surface area (Å²) in [6, 6.07) is 8.31. The van der Waals surface area contributed by atoms with Crippen molar-refractivity contribution in [1.29, 1.82) is 0 Å². The predicted octanol–water partition coefficient (Wildman–Crippen LogP) is 2.70. The molecule has 1 aromatic carbocycles. The zero-order valence-electron chi connectivity index (χ0n) is 12.3. The minimum atomic E-state index is 0.314. The summed E-state index contributed by atoms with van der Waals surface area (Å²) in [5, 5.41) is 0. The first-order valence-corrected chi connectivity index (χ1v) is 7.81. The van der Waals surface area contributed by atoms with Crippen LogP contribution < -0.4 is 4.90 Å². The van der Waals surface area contributed by atoms with Crippen LogP contribution in [0.3, 0.4) is 0 Å². The van der Waals surface area contributed by atoms with Gasteiger partial charge in [-0.15, -0.1) is 0 Å². The first kappa shape index (κ1) is 13.6. The molecule has 2 heterocycles. The number of likely N-dealkylation sites (tertiary alicyclic amines) is 1. The molecular weight excluding hydrogens is 248 g/mol. The fraction of sp³-hybridized carbons (Fsp3) is 0.588. The van der Waals surface area contributed by atoms with E-state index in [-0.39, 0.29) is 0 Å². The highest BCUT2D eigenvalue weighted by Crippen LogP contribution is 2.29. The molecule has 2 aliphatic heterocycles. The minimum absolute atomic E-state index is 0.314. The first-order valence-electron chi connectivity index (χ1n) is 7.81. The molecule has 0 aliphatic carbocycles. The van der Waals surface area contributed by atoms with Gasteiger partial charge in [0.1, 0.15) is 0 Å². The highest BCUT2D eigenvalue weighted by Gasteiger charge is 2.25. The van der Waals surface area contributed by atoms with E-state index in [1.54, 1.807) is 0 Å². The predicted molar refractivity (Wildman–Crippen MR) is 82.0 cm³/mol. The van der Waals surface area contributed by atoms with Gasteiger partial charge in [0.05, 0.1) is 0 Å². The summed E-state index contributed by atoms with van der Waals surface area (Å²) in [6.45, 7) is 3.24. The topological polar surface area (TPSA) is 23.6 Å². The molecule has 3 rings (SSSR count). The third kappa shape index (κ3) is 2.88. The van der Waals surface area contributed by atoms with Gasteiger partial charge in [0, 0.05) is 18.7 Å². The number of piperidine rings is 1. The van der Waals surface area contributed by atoms with Crippen LogP contribution >= 0.6 is 0 Å². The molecule has 0 N–H and O–H groups in total. The monoisotopic (exact) mass is 272 g/mol. The number of nitrogens with zero attached hydrogens (tertiary/aromatic N) is 2. The summed E-state index contributed by atoms with van der Waals surface area (Å²) in [4.78, 5) is 16.8. The van der Waals surface area contributed by atoms with Crippen molar-refractivity contribution in [2.45, 2.75) is 32.1 Å². The van der Waals surface area contributed by atoms with E-state index in [1.807, 2.05) is 11.0 Å². The van der Waals surface area contributed by atoms with Crippen molar-refractivity contribution in [1.82, 2.24) is 4.90 Å². The molecule has 0 unspecified atom stereocenters. The number of carbonyl (C=O) groups is 1. The Kier molecular flexibility index (Phi) is 4.06. The summed E-state index contributed by atoms with van der Waals surface area (Å²) < 4.78 is 0. The van der Waals surface area contributed by atoms with E-state index in [0.29, 0.717) is 12.3 Å². The van der Waals surface area contributed by atoms with E-state index in [2.05, 4.69) is 30.1 Å². The molecule has 1 amide bonds. The SMILES string of the molecule is CN1CCC(CCC(=O)N2CCc3ccccc32)CC1. The summed E-state index contributed by atoms with van der Waals surface area (Å²) in [7, 11) is 2.18. The standard InChI is InChI=1S/C17H24N2O/c1-18-11-8-14(9-12-18)6-7-17(20)19-13-10-15-4-2-3-5-16(15)19/h2-5,14H,6-13H2,1H3. The minimum Gasteiger partial charge on any atom is -0.312 e. The molecule has 2 aliphatic rings. The largest absolute Gasteiger partial charge is 0.312 e. The zero-order valence-corrected chi connectivity index (χ0v) is 12.3. The number of hydrogen-bond acceptors (Lipinski definition) is 2. The first-order chi connectivity index (χ1) is 9.74. The molecule has 3 nitrogen and oxygen atoms in total. The molecule has 0 radical (unpaired) electrons. The Morgan fingerprint density at radius 2 is 1.95 bits per heavy atom. The molecule has 0 bridgehead atoms. The zero-order chi connectivity index (χ0) is 13.9. The second-order valence-electron chi connectivity index (χ2n) is 6.21. The maximum Gasteiger partial charge on any atom is 0.227 e. The van der Waals surface area contributed by atoms with Crippen LogP contribution in [-0.4, -0.2) is 37.5 Å². The molecule has 1 saturated heterocycles. The Balaban J connectivity index is 1.53. The van der Waals surface area contributed by atoms with Crippen molar-refractivity contribution >= 4 is 11.6 Å². The van der Waals surface area contributed by atoms with Gasteiger partial charge in [-0.25, -0.2) is 0 Å². The van der Waals surface area contributed by atoms with Gasteiger partial charge in [-0.2, -0.15) is 0 Å². The van der Waals surface area contributed by atoms with Crippen LogP contribution in [0, 0.1) is 5.92 Å². The number of rotatable bonds is 3. The lowest BCUT2D eigenvalue weighted by Gasteiger charge is -2.29. The average Bonchev–Trinajstić information content (AvgIpc) is 2.90. The Morgan fingerprint density at radius 1 is 1.20 bits per heavy atom. The van der Waals surface area contributed by atoms with Crippen molar-refractivity contribution in [3.05, 3.63) is 29.8 Å². The van der Waals surface area contributed by atoms with Crippen molar-refractivity contribution in [3.8, 4) is 0 Å². The van der Waals surface area contributed by atoms with Crippen LogP contribution in [0.15, 0.2) is 24.3 Å². The van der Waals surface area contributed by atoms with Gasteiger partial charge in [0.15, 0.2) is 0 Å². The fourth-order valence-electron chi connectivity index (χ4n) is 3.41. The summed E-state index contributed by atoms with van der Waals surface area (Å²) >= 11 is 0. The maximum atomic E-state index is 12.4. The highest BCUT2D eigenvalue weighted by atomic mass is 16.2. The second-order valence-corrected chi connectivity index (χ2v) is 6.21. The van der Waals surface area contributed by atoms with Crippen LogP contribution in [0.1, 0.15) is 31.2 Å². The van der Waals surface area contributed by atoms with Crippen molar-refractivity contribution in [3.63, 3.8) is 0 Å². The van der Waals surface area contributed by atoms with Crippen molar-refractivity contribution in [2.75, 3.05) is 31.6 Å². The van der Waals surface area contributed by atoms with E-state index >= 15 is 0 Å². The lowest BCUT2D eigenvalue weighted by molar-refractivity contribution is -0.118. The molecule has 20 heavy (non-hydrogen) atoms. The molecule has 3 heteroatoms. The number of amides is 1. The van der Waals surface area contributed by atoms with Crippen LogP contribution in [0.25, 0.3) is 0 Å². The molecular formula is C17H24N2O. The summed E-state index contributed by atoms with van der Waals surface area (Å²) in [6.07, 6.45) is 5.28. The van der Waals surface area contributed by atoms with Gasteiger partial charge in [0.25, 0.3) is 0 Å². The highest BCUT2D eigenvalue weighted by molar-refractivity contribution is 5.95. The third-order valence-corrected chi connectivity index (χ3v) is 4.79. The van der Waals surface area contributed by atoms with Gasteiger partial charge in [0.2, 0.25) is 5.91 Å². The lowest BCUT2D eigenvalue weighted by Crippen LogP contribution is -2.32. The van der Waals surface area contributed by atoms with Gasteiger partial charge in [-0.3, -0.25) is 4.79 Å². The number of fused-ring (bicyclic) bond motifs is 1. The van der Waals surface area contributed by atoms with Crippen LogP contribution in [0.4, 0.5) is 5.69 Å². The molecule has 1 fully saturated rings. The van der Waals surface area contributed by atoms with Crippen molar-refractivity contribution < 1.29 is 4.79 Å². The van der Waals surface area contributed by atoms with Gasteiger partial charge < -0.3 is 9.80 Å². The Hall–Kier alpha value is -1.35. The molecule has 0 aromatic heterocycles. The second kappa shape index (κ2) is 5.96. The van der Waals surface area contributed by atoms with Gasteiger partial charge in [-0.1, -0.05) is 18.2 Å². The quantitative estimate of drug-likeness (QED) is 0.844. The molecule has 1 aromatic rings. The smallest absolute Gasteiger partial charge is 0.227 e. The number of benzene rings is 1. The van der Waals surface area contributed by atoms with Crippen LogP contribution in [0.5, 0.6) is 0 Å². The summed E-state index contributed by atoms with van der Waals surface area (Å²) in [5.74, 6) is 1.06. The average molecular weight is 272 g/mol. The van der Waals surface area contributed by atoms with E-state index in [4.69, 9.17) is 0 Å². The number of hydrogen-bond donors (Lipinski definition) is 0. The fourth-order valence-corrected chi connectivity index (χ4v) is 3.41. The van der Waals surface area contributed by atoms with Gasteiger partial charge >= 0.3 is 0 Å².